The molecule has 0 aliphatic rings. The van der Waals surface area contributed by atoms with Crippen LogP contribution in [0.1, 0.15) is 22.8 Å². The lowest BCUT2D eigenvalue weighted by molar-refractivity contribution is -0.688. The normalized spacial score (nSPS) is 10.1. The molecule has 0 saturated carbocycles. The maximum atomic E-state index is 11.5. The predicted molar refractivity (Wildman–Crippen MR) is 68.1 cm³/mol. The summed E-state index contributed by atoms with van der Waals surface area (Å²) in [4.78, 5) is 11.5. The summed E-state index contributed by atoms with van der Waals surface area (Å²) in [6, 6.07) is 13.7. The smallest absolute Gasteiger partial charge is 0.338 e. The van der Waals surface area contributed by atoms with Crippen molar-refractivity contribution >= 4 is 5.97 Å². The molecule has 1 heterocycles. The molecule has 0 saturated heterocycles. The van der Waals surface area contributed by atoms with Crippen LogP contribution in [0.2, 0.25) is 0 Å². The topological polar surface area (TPSA) is 30.2 Å². The van der Waals surface area contributed by atoms with E-state index in [9.17, 15) is 4.79 Å². The minimum Gasteiger partial charge on any atom is -0.462 e. The molecule has 0 atom stereocenters. The van der Waals surface area contributed by atoms with Crippen molar-refractivity contribution in [1.82, 2.24) is 0 Å². The molecule has 0 aliphatic heterocycles. The first-order chi connectivity index (χ1) is 8.79. The van der Waals surface area contributed by atoms with E-state index in [4.69, 9.17) is 4.74 Å². The molecule has 3 nitrogen and oxygen atoms in total. The van der Waals surface area contributed by atoms with Crippen molar-refractivity contribution < 1.29 is 14.1 Å². The Morgan fingerprint density at radius 1 is 1.11 bits per heavy atom. The van der Waals surface area contributed by atoms with E-state index in [1.54, 1.807) is 19.1 Å². The number of hydrogen-bond acceptors (Lipinski definition) is 2. The van der Waals surface area contributed by atoms with Crippen molar-refractivity contribution in [2.45, 2.75) is 13.5 Å². The van der Waals surface area contributed by atoms with Gasteiger partial charge in [0.25, 0.3) is 0 Å². The van der Waals surface area contributed by atoms with Gasteiger partial charge in [-0.3, -0.25) is 0 Å². The number of carbonyl (C=O) groups is 1. The first-order valence-electron chi connectivity index (χ1n) is 5.99. The Morgan fingerprint density at radius 2 is 1.78 bits per heavy atom. The molecule has 3 heteroatoms. The first kappa shape index (κ1) is 12.3. The maximum Gasteiger partial charge on any atom is 0.338 e. The number of hydrogen-bond donors (Lipinski definition) is 0. The van der Waals surface area contributed by atoms with Crippen molar-refractivity contribution in [1.29, 1.82) is 0 Å². The third kappa shape index (κ3) is 3.17. The lowest BCUT2D eigenvalue weighted by Gasteiger charge is -2.01. The third-order valence-corrected chi connectivity index (χ3v) is 2.61. The fourth-order valence-electron chi connectivity index (χ4n) is 1.71. The Labute approximate surface area is 107 Å². The van der Waals surface area contributed by atoms with Gasteiger partial charge in [0.2, 0.25) is 0 Å². The van der Waals surface area contributed by atoms with Gasteiger partial charge >= 0.3 is 5.97 Å². The molecule has 2 rings (SSSR count). The molecule has 0 unspecified atom stereocenters. The Kier molecular flexibility index (Phi) is 4.07. The van der Waals surface area contributed by atoms with E-state index >= 15 is 0 Å². The van der Waals surface area contributed by atoms with Crippen molar-refractivity contribution in [2.75, 3.05) is 6.61 Å². The second kappa shape index (κ2) is 5.96. The second-order valence-electron chi connectivity index (χ2n) is 3.97. The number of nitrogens with zero attached hydrogens (tertiary/aromatic N) is 1. The van der Waals surface area contributed by atoms with E-state index in [1.807, 2.05) is 35.2 Å². The minimum atomic E-state index is -0.274. The Bertz CT molecular complexity index is 506. The van der Waals surface area contributed by atoms with Gasteiger partial charge in [-0.15, -0.1) is 0 Å². The summed E-state index contributed by atoms with van der Waals surface area (Å²) in [6.07, 6.45) is 3.78. The van der Waals surface area contributed by atoms with Gasteiger partial charge in [-0.1, -0.05) is 30.3 Å². The number of rotatable bonds is 4. The zero-order chi connectivity index (χ0) is 12.8. The molecule has 0 fully saturated rings. The third-order valence-electron chi connectivity index (χ3n) is 2.61. The number of esters is 1. The predicted octanol–water partition coefficient (Wildman–Crippen LogP) is 2.20. The first-order valence-corrected chi connectivity index (χ1v) is 5.99. The van der Waals surface area contributed by atoms with Crippen molar-refractivity contribution in [3.05, 3.63) is 66.0 Å². The van der Waals surface area contributed by atoms with Crippen LogP contribution < -0.4 is 4.57 Å². The number of aromatic nitrogens is 1. The fraction of sp³-hybridized carbons (Fsp3) is 0.200. The summed E-state index contributed by atoms with van der Waals surface area (Å²) >= 11 is 0. The highest BCUT2D eigenvalue weighted by Crippen LogP contribution is 2.00. The molecule has 0 spiro atoms. The van der Waals surface area contributed by atoms with Crippen LogP contribution in [-0.4, -0.2) is 12.6 Å². The molecule has 1 aromatic carbocycles. The van der Waals surface area contributed by atoms with Crippen molar-refractivity contribution in [3.63, 3.8) is 0 Å². The fourth-order valence-corrected chi connectivity index (χ4v) is 1.71. The van der Waals surface area contributed by atoms with Gasteiger partial charge in [0.05, 0.1) is 12.2 Å². The van der Waals surface area contributed by atoms with Gasteiger partial charge in [0, 0.05) is 17.7 Å². The van der Waals surface area contributed by atoms with Crippen LogP contribution in [-0.2, 0) is 11.3 Å². The average Bonchev–Trinajstić information content (AvgIpc) is 2.41. The number of pyridine rings is 1. The molecule has 0 bridgehead atoms. The minimum absolute atomic E-state index is 0.274. The molecule has 18 heavy (non-hydrogen) atoms. The van der Waals surface area contributed by atoms with E-state index in [2.05, 4.69) is 12.1 Å². The van der Waals surface area contributed by atoms with Gasteiger partial charge < -0.3 is 4.74 Å². The number of ether oxygens (including phenoxy) is 1. The molecular formula is C15H16NO2+. The SMILES string of the molecule is CCOC(=O)c1cc[n+](Cc2ccccc2)cc1. The Morgan fingerprint density at radius 3 is 2.39 bits per heavy atom. The van der Waals surface area contributed by atoms with Crippen LogP contribution in [0.15, 0.2) is 54.9 Å². The van der Waals surface area contributed by atoms with Crippen LogP contribution >= 0.6 is 0 Å². The van der Waals surface area contributed by atoms with Crippen LogP contribution in [0.3, 0.4) is 0 Å². The molecule has 0 N–H and O–H groups in total. The van der Waals surface area contributed by atoms with E-state index in [0.717, 1.165) is 6.54 Å². The summed E-state index contributed by atoms with van der Waals surface area (Å²) in [5, 5.41) is 0. The van der Waals surface area contributed by atoms with E-state index in [1.165, 1.54) is 5.56 Å². The lowest BCUT2D eigenvalue weighted by atomic mass is 10.2. The zero-order valence-electron chi connectivity index (χ0n) is 10.4. The van der Waals surface area contributed by atoms with Gasteiger partial charge in [0.1, 0.15) is 0 Å². The summed E-state index contributed by atoms with van der Waals surface area (Å²) < 4.78 is 6.96. The van der Waals surface area contributed by atoms with Crippen molar-refractivity contribution in [2.24, 2.45) is 0 Å². The monoisotopic (exact) mass is 242 g/mol. The summed E-state index contributed by atoms with van der Waals surface area (Å²) in [5.74, 6) is -0.274. The molecular weight excluding hydrogens is 226 g/mol. The van der Waals surface area contributed by atoms with Crippen LogP contribution in [0.25, 0.3) is 0 Å². The van der Waals surface area contributed by atoms with Gasteiger partial charge in [0.15, 0.2) is 18.9 Å². The quantitative estimate of drug-likeness (QED) is 0.607. The van der Waals surface area contributed by atoms with Crippen LogP contribution in [0.4, 0.5) is 0 Å². The Hall–Kier alpha value is -2.16. The van der Waals surface area contributed by atoms with Crippen LogP contribution in [0, 0.1) is 0 Å². The molecule has 2 aromatic rings. The molecule has 0 amide bonds. The Balaban J connectivity index is 2.06. The summed E-state index contributed by atoms with van der Waals surface area (Å²) in [5.41, 5.74) is 1.81. The highest BCUT2D eigenvalue weighted by Gasteiger charge is 2.08. The van der Waals surface area contributed by atoms with Gasteiger partial charge in [-0.25, -0.2) is 9.36 Å². The highest BCUT2D eigenvalue weighted by atomic mass is 16.5. The van der Waals surface area contributed by atoms with Crippen LogP contribution in [0.5, 0.6) is 0 Å². The van der Waals surface area contributed by atoms with Gasteiger partial charge in [-0.2, -0.15) is 0 Å². The molecule has 1 aromatic heterocycles. The second-order valence-corrected chi connectivity index (χ2v) is 3.97. The lowest BCUT2D eigenvalue weighted by Crippen LogP contribution is -2.33. The largest absolute Gasteiger partial charge is 0.462 e. The average molecular weight is 242 g/mol. The summed E-state index contributed by atoms with van der Waals surface area (Å²) in [6.45, 7) is 3.00. The molecule has 0 radical (unpaired) electrons. The number of carbonyl (C=O) groups excluding carboxylic acids is 1. The summed E-state index contributed by atoms with van der Waals surface area (Å²) in [7, 11) is 0. The standard InChI is InChI=1S/C15H16NO2/c1-2-18-15(17)14-8-10-16(11-9-14)12-13-6-4-3-5-7-13/h3-11H,2,12H2,1H3/q+1. The van der Waals surface area contributed by atoms with Gasteiger partial charge in [-0.05, 0) is 6.92 Å². The van der Waals surface area contributed by atoms with Crippen molar-refractivity contribution in [3.8, 4) is 0 Å². The molecule has 0 aliphatic carbocycles. The van der Waals surface area contributed by atoms with E-state index in [-0.39, 0.29) is 5.97 Å². The highest BCUT2D eigenvalue weighted by molar-refractivity contribution is 5.88. The zero-order valence-corrected chi connectivity index (χ0v) is 10.4. The maximum absolute atomic E-state index is 11.5. The number of benzene rings is 1. The molecule has 92 valence electrons. The van der Waals surface area contributed by atoms with E-state index in [0.29, 0.717) is 12.2 Å². The van der Waals surface area contributed by atoms with E-state index < -0.39 is 0 Å².